The van der Waals surface area contributed by atoms with Gasteiger partial charge in [-0.25, -0.2) is 0 Å². The Morgan fingerprint density at radius 2 is 2.20 bits per heavy atom. The summed E-state index contributed by atoms with van der Waals surface area (Å²) in [5, 5.41) is 3.47. The van der Waals surface area contributed by atoms with Gasteiger partial charge >= 0.3 is 0 Å². The van der Waals surface area contributed by atoms with E-state index in [1.54, 1.807) is 7.11 Å². The van der Waals surface area contributed by atoms with E-state index in [0.29, 0.717) is 13.2 Å². The molecule has 1 N–H and O–H groups in total. The Bertz CT molecular complexity index is 439. The van der Waals surface area contributed by atoms with Crippen molar-refractivity contribution in [2.24, 2.45) is 5.92 Å². The van der Waals surface area contributed by atoms with Crippen molar-refractivity contribution >= 4 is 0 Å². The molecule has 3 rings (SSSR count). The zero-order valence-corrected chi connectivity index (χ0v) is 12.1. The quantitative estimate of drug-likeness (QED) is 0.894. The maximum absolute atomic E-state index is 5.94. The third-order valence-corrected chi connectivity index (χ3v) is 4.05. The van der Waals surface area contributed by atoms with Crippen LogP contribution in [0, 0.1) is 5.92 Å². The zero-order valence-electron chi connectivity index (χ0n) is 12.1. The summed E-state index contributed by atoms with van der Waals surface area (Å²) in [6.07, 6.45) is 3.87. The second kappa shape index (κ2) is 6.46. The molecule has 2 saturated heterocycles. The van der Waals surface area contributed by atoms with Gasteiger partial charge in [0.2, 0.25) is 0 Å². The van der Waals surface area contributed by atoms with Crippen molar-refractivity contribution in [2.45, 2.75) is 25.4 Å². The molecule has 2 aliphatic rings. The van der Waals surface area contributed by atoms with E-state index in [4.69, 9.17) is 14.2 Å². The highest BCUT2D eigenvalue weighted by molar-refractivity contribution is 5.43. The Morgan fingerprint density at radius 3 is 2.85 bits per heavy atom. The number of piperidine rings is 1. The minimum absolute atomic E-state index is 0.176. The van der Waals surface area contributed by atoms with Gasteiger partial charge in [0.1, 0.15) is 6.10 Å². The van der Waals surface area contributed by atoms with Gasteiger partial charge in [-0.15, -0.1) is 0 Å². The van der Waals surface area contributed by atoms with E-state index in [9.17, 15) is 0 Å². The number of benzene rings is 1. The summed E-state index contributed by atoms with van der Waals surface area (Å²) in [7, 11) is 1.68. The van der Waals surface area contributed by atoms with Crippen molar-refractivity contribution in [1.82, 2.24) is 5.32 Å². The minimum Gasteiger partial charge on any atom is -0.493 e. The molecule has 1 aromatic carbocycles. The van der Waals surface area contributed by atoms with Crippen LogP contribution in [-0.2, 0) is 11.2 Å². The van der Waals surface area contributed by atoms with Crippen molar-refractivity contribution in [1.29, 1.82) is 0 Å². The lowest BCUT2D eigenvalue weighted by Gasteiger charge is -2.28. The monoisotopic (exact) mass is 277 g/mol. The molecule has 4 nitrogen and oxygen atoms in total. The summed E-state index contributed by atoms with van der Waals surface area (Å²) in [6, 6.07) is 6.30. The van der Waals surface area contributed by atoms with Crippen LogP contribution >= 0.6 is 0 Å². The summed E-state index contributed by atoms with van der Waals surface area (Å²) >= 11 is 0. The Balaban J connectivity index is 1.68. The van der Waals surface area contributed by atoms with Crippen molar-refractivity contribution in [3.8, 4) is 11.5 Å². The second-order valence-corrected chi connectivity index (χ2v) is 5.68. The Hall–Kier alpha value is -1.26. The van der Waals surface area contributed by atoms with Crippen molar-refractivity contribution in [2.75, 3.05) is 33.4 Å². The summed E-state index contributed by atoms with van der Waals surface area (Å²) in [5.74, 6) is 2.39. The van der Waals surface area contributed by atoms with Crippen LogP contribution in [0.1, 0.15) is 18.4 Å². The molecule has 20 heavy (non-hydrogen) atoms. The summed E-state index contributed by atoms with van der Waals surface area (Å²) < 4.78 is 16.5. The maximum Gasteiger partial charge on any atom is 0.162 e. The number of methoxy groups -OCH3 is 1. The van der Waals surface area contributed by atoms with Crippen LogP contribution in [0.5, 0.6) is 11.5 Å². The first kappa shape index (κ1) is 13.7. The van der Waals surface area contributed by atoms with E-state index in [-0.39, 0.29) is 6.10 Å². The molecule has 0 radical (unpaired) electrons. The second-order valence-electron chi connectivity index (χ2n) is 5.68. The van der Waals surface area contributed by atoms with Crippen LogP contribution in [0.25, 0.3) is 0 Å². The molecule has 0 aliphatic carbocycles. The summed E-state index contributed by atoms with van der Waals surface area (Å²) in [5.41, 5.74) is 1.33. The molecule has 2 heterocycles. The third kappa shape index (κ3) is 3.25. The normalized spacial score (nSPS) is 23.1. The molecule has 0 bridgehead atoms. The lowest BCUT2D eigenvalue weighted by molar-refractivity contribution is -0.0803. The molecule has 110 valence electrons. The van der Waals surface area contributed by atoms with E-state index < -0.39 is 0 Å². The highest BCUT2D eigenvalue weighted by Crippen LogP contribution is 2.31. The first-order valence-electron chi connectivity index (χ1n) is 7.47. The topological polar surface area (TPSA) is 39.7 Å². The fourth-order valence-corrected chi connectivity index (χ4v) is 2.83. The van der Waals surface area contributed by atoms with Crippen molar-refractivity contribution < 1.29 is 14.2 Å². The van der Waals surface area contributed by atoms with Gasteiger partial charge in [-0.1, -0.05) is 6.07 Å². The van der Waals surface area contributed by atoms with Gasteiger partial charge in [0, 0.05) is 0 Å². The third-order valence-electron chi connectivity index (χ3n) is 4.05. The van der Waals surface area contributed by atoms with E-state index in [1.165, 1.54) is 18.4 Å². The molecule has 1 atom stereocenters. The zero-order chi connectivity index (χ0) is 13.8. The first-order chi connectivity index (χ1) is 9.85. The van der Waals surface area contributed by atoms with Crippen molar-refractivity contribution in [3.05, 3.63) is 23.8 Å². The number of ether oxygens (including phenoxy) is 3. The Kier molecular flexibility index (Phi) is 4.43. The van der Waals surface area contributed by atoms with Gasteiger partial charge in [0.25, 0.3) is 0 Å². The van der Waals surface area contributed by atoms with Crippen LogP contribution in [0.3, 0.4) is 0 Å². The van der Waals surface area contributed by atoms with Gasteiger partial charge in [-0.05, 0) is 56.0 Å². The molecular formula is C16H23NO3. The fourth-order valence-electron chi connectivity index (χ4n) is 2.83. The number of hydrogen-bond acceptors (Lipinski definition) is 4. The van der Waals surface area contributed by atoms with Crippen LogP contribution in [0.2, 0.25) is 0 Å². The molecule has 0 aromatic heterocycles. The molecular weight excluding hydrogens is 254 g/mol. The van der Waals surface area contributed by atoms with Gasteiger partial charge in [-0.2, -0.15) is 0 Å². The highest BCUT2D eigenvalue weighted by atomic mass is 16.6. The summed E-state index contributed by atoms with van der Waals surface area (Å²) in [6.45, 7) is 3.65. The smallest absolute Gasteiger partial charge is 0.162 e. The lowest BCUT2D eigenvalue weighted by Crippen LogP contribution is -2.38. The number of hydrogen-bond donors (Lipinski definition) is 1. The number of rotatable bonds is 5. The van der Waals surface area contributed by atoms with Gasteiger partial charge < -0.3 is 19.5 Å². The van der Waals surface area contributed by atoms with Crippen LogP contribution in [0.15, 0.2) is 18.2 Å². The highest BCUT2D eigenvalue weighted by Gasteiger charge is 2.22. The van der Waals surface area contributed by atoms with Crippen LogP contribution < -0.4 is 14.8 Å². The van der Waals surface area contributed by atoms with Crippen molar-refractivity contribution in [3.63, 3.8) is 0 Å². The molecule has 0 saturated carbocycles. The van der Waals surface area contributed by atoms with Crippen LogP contribution in [0.4, 0.5) is 0 Å². The Labute approximate surface area is 120 Å². The van der Waals surface area contributed by atoms with Crippen LogP contribution in [-0.4, -0.2) is 39.5 Å². The SMILES string of the molecule is COc1ccc(CC2CCCNC2)cc1OC1COC1. The maximum atomic E-state index is 5.94. The average Bonchev–Trinajstić information content (AvgIpc) is 2.44. The predicted molar refractivity (Wildman–Crippen MR) is 77.5 cm³/mol. The van der Waals surface area contributed by atoms with Gasteiger partial charge in [0.15, 0.2) is 11.5 Å². The molecule has 1 unspecified atom stereocenters. The molecule has 2 fully saturated rings. The van der Waals surface area contributed by atoms with E-state index >= 15 is 0 Å². The first-order valence-corrected chi connectivity index (χ1v) is 7.47. The molecule has 0 spiro atoms. The predicted octanol–water partition coefficient (Wildman–Crippen LogP) is 2.01. The minimum atomic E-state index is 0.176. The fraction of sp³-hybridized carbons (Fsp3) is 0.625. The molecule has 1 aromatic rings. The molecule has 0 amide bonds. The largest absolute Gasteiger partial charge is 0.493 e. The Morgan fingerprint density at radius 1 is 1.30 bits per heavy atom. The van der Waals surface area contributed by atoms with E-state index in [0.717, 1.165) is 36.9 Å². The molecule has 2 aliphatic heterocycles. The van der Waals surface area contributed by atoms with E-state index in [2.05, 4.69) is 17.4 Å². The lowest BCUT2D eigenvalue weighted by atomic mass is 9.92. The number of nitrogens with one attached hydrogen (secondary N) is 1. The summed E-state index contributed by atoms with van der Waals surface area (Å²) in [4.78, 5) is 0. The standard InChI is InChI=1S/C16H23NO3/c1-18-15-5-4-12(7-13-3-2-6-17-9-13)8-16(15)20-14-10-19-11-14/h4-5,8,13-14,17H,2-3,6-7,9-11H2,1H3. The van der Waals surface area contributed by atoms with Gasteiger partial charge in [0.05, 0.1) is 20.3 Å². The van der Waals surface area contributed by atoms with Gasteiger partial charge in [-0.3, -0.25) is 0 Å². The molecule has 4 heteroatoms. The average molecular weight is 277 g/mol. The van der Waals surface area contributed by atoms with E-state index in [1.807, 2.05) is 6.07 Å².